The molecule has 4 nitrogen and oxygen atoms in total. The molecule has 0 bridgehead atoms. The van der Waals surface area contributed by atoms with E-state index in [0.717, 1.165) is 21.2 Å². The van der Waals surface area contributed by atoms with Gasteiger partial charge in [-0.1, -0.05) is 18.2 Å². The SMILES string of the molecule is Nc1nc(-c2cc3ccccc3o2)nc2sccc12. The molecule has 3 aromatic heterocycles. The van der Waals surface area contributed by atoms with Crippen LogP contribution in [-0.2, 0) is 0 Å². The standard InChI is InChI=1S/C14H9N3OS/c15-12-9-5-6-19-14(9)17-13(16-12)11-7-8-3-1-2-4-10(8)18-11/h1-7H,(H2,15,16,17). The third kappa shape index (κ3) is 1.59. The lowest BCUT2D eigenvalue weighted by molar-refractivity contribution is 0.626. The van der Waals surface area contributed by atoms with Crippen LogP contribution in [0.5, 0.6) is 0 Å². The van der Waals surface area contributed by atoms with Gasteiger partial charge in [0.05, 0.1) is 5.39 Å². The topological polar surface area (TPSA) is 64.9 Å². The highest BCUT2D eigenvalue weighted by Crippen LogP contribution is 2.29. The number of aromatic nitrogens is 2. The van der Waals surface area contributed by atoms with E-state index in [-0.39, 0.29) is 0 Å². The van der Waals surface area contributed by atoms with Gasteiger partial charge in [0.15, 0.2) is 11.6 Å². The van der Waals surface area contributed by atoms with E-state index in [1.165, 1.54) is 0 Å². The van der Waals surface area contributed by atoms with Crippen LogP contribution in [-0.4, -0.2) is 9.97 Å². The fourth-order valence-corrected chi connectivity index (χ4v) is 2.85. The van der Waals surface area contributed by atoms with Gasteiger partial charge in [-0.15, -0.1) is 11.3 Å². The van der Waals surface area contributed by atoms with Crippen molar-refractivity contribution in [3.05, 3.63) is 41.8 Å². The average molecular weight is 267 g/mol. The number of thiophene rings is 1. The molecule has 0 saturated carbocycles. The van der Waals surface area contributed by atoms with Gasteiger partial charge in [-0.2, -0.15) is 0 Å². The molecule has 0 spiro atoms. The van der Waals surface area contributed by atoms with Gasteiger partial charge in [0.1, 0.15) is 16.2 Å². The molecule has 0 fully saturated rings. The fraction of sp³-hybridized carbons (Fsp3) is 0. The van der Waals surface area contributed by atoms with E-state index in [0.29, 0.717) is 17.4 Å². The van der Waals surface area contributed by atoms with Gasteiger partial charge < -0.3 is 10.2 Å². The van der Waals surface area contributed by atoms with Crippen LogP contribution < -0.4 is 5.73 Å². The minimum atomic E-state index is 0.488. The second kappa shape index (κ2) is 3.80. The van der Waals surface area contributed by atoms with Crippen molar-refractivity contribution in [2.24, 2.45) is 0 Å². The van der Waals surface area contributed by atoms with Crippen LogP contribution in [0.2, 0.25) is 0 Å². The predicted octanol–water partition coefficient (Wildman–Crippen LogP) is 3.69. The van der Waals surface area contributed by atoms with Crippen molar-refractivity contribution >= 4 is 38.3 Å². The lowest BCUT2D eigenvalue weighted by atomic mass is 10.2. The van der Waals surface area contributed by atoms with Gasteiger partial charge in [-0.3, -0.25) is 0 Å². The maximum atomic E-state index is 5.95. The molecule has 0 radical (unpaired) electrons. The Balaban J connectivity index is 1.97. The zero-order valence-electron chi connectivity index (χ0n) is 9.83. The summed E-state index contributed by atoms with van der Waals surface area (Å²) in [6.07, 6.45) is 0. The Morgan fingerprint density at radius 1 is 1.11 bits per heavy atom. The molecule has 1 aromatic carbocycles. The maximum absolute atomic E-state index is 5.95. The fourth-order valence-electron chi connectivity index (χ4n) is 2.08. The smallest absolute Gasteiger partial charge is 0.199 e. The van der Waals surface area contributed by atoms with Crippen LogP contribution in [0.1, 0.15) is 0 Å². The van der Waals surface area contributed by atoms with E-state index in [1.807, 2.05) is 41.8 Å². The number of para-hydroxylation sites is 1. The van der Waals surface area contributed by atoms with Crippen LogP contribution >= 0.6 is 11.3 Å². The van der Waals surface area contributed by atoms with Gasteiger partial charge >= 0.3 is 0 Å². The Hall–Kier alpha value is -2.40. The third-order valence-corrected chi connectivity index (χ3v) is 3.81. The van der Waals surface area contributed by atoms with Crippen LogP contribution in [0.4, 0.5) is 5.82 Å². The summed E-state index contributed by atoms with van der Waals surface area (Å²) in [5.74, 6) is 1.66. The third-order valence-electron chi connectivity index (χ3n) is 3.00. The van der Waals surface area contributed by atoms with E-state index in [9.17, 15) is 0 Å². The second-order valence-corrected chi connectivity index (χ2v) is 5.11. The molecule has 92 valence electrons. The number of furan rings is 1. The van der Waals surface area contributed by atoms with E-state index in [4.69, 9.17) is 10.2 Å². The minimum Gasteiger partial charge on any atom is -0.453 e. The molecule has 3 heterocycles. The number of benzene rings is 1. The molecule has 0 saturated heterocycles. The van der Waals surface area contributed by atoms with E-state index < -0.39 is 0 Å². The Morgan fingerprint density at radius 2 is 2.00 bits per heavy atom. The molecule has 4 rings (SSSR count). The number of rotatable bonds is 1. The molecule has 0 aliphatic carbocycles. The number of nitrogens with two attached hydrogens (primary N) is 1. The first kappa shape index (κ1) is 10.5. The van der Waals surface area contributed by atoms with Crippen LogP contribution in [0.3, 0.4) is 0 Å². The lowest BCUT2D eigenvalue weighted by Crippen LogP contribution is -1.95. The van der Waals surface area contributed by atoms with Gasteiger partial charge in [0.25, 0.3) is 0 Å². The van der Waals surface area contributed by atoms with Crippen molar-refractivity contribution in [2.75, 3.05) is 5.73 Å². The van der Waals surface area contributed by atoms with Gasteiger partial charge in [0, 0.05) is 5.39 Å². The van der Waals surface area contributed by atoms with Crippen molar-refractivity contribution in [1.29, 1.82) is 0 Å². The Kier molecular flexibility index (Phi) is 2.10. The highest BCUT2D eigenvalue weighted by Gasteiger charge is 2.12. The Labute approximate surface area is 112 Å². The van der Waals surface area contributed by atoms with Gasteiger partial charge in [-0.05, 0) is 23.6 Å². The highest BCUT2D eigenvalue weighted by atomic mass is 32.1. The molecule has 0 aliphatic heterocycles. The normalized spacial score (nSPS) is 11.4. The zero-order valence-corrected chi connectivity index (χ0v) is 10.6. The monoisotopic (exact) mass is 267 g/mol. The summed E-state index contributed by atoms with van der Waals surface area (Å²) in [4.78, 5) is 9.69. The molecular formula is C14H9N3OS. The first-order chi connectivity index (χ1) is 9.31. The second-order valence-electron chi connectivity index (χ2n) is 4.22. The number of fused-ring (bicyclic) bond motifs is 2. The van der Waals surface area contributed by atoms with Gasteiger partial charge in [-0.25, -0.2) is 9.97 Å². The highest BCUT2D eigenvalue weighted by molar-refractivity contribution is 7.16. The molecule has 2 N–H and O–H groups in total. The first-order valence-electron chi connectivity index (χ1n) is 5.81. The van der Waals surface area contributed by atoms with Crippen molar-refractivity contribution < 1.29 is 4.42 Å². The van der Waals surface area contributed by atoms with E-state index >= 15 is 0 Å². The molecule has 0 amide bonds. The summed E-state index contributed by atoms with van der Waals surface area (Å²) in [7, 11) is 0. The number of hydrogen-bond acceptors (Lipinski definition) is 5. The molecule has 4 aromatic rings. The van der Waals surface area contributed by atoms with E-state index in [2.05, 4.69) is 9.97 Å². The predicted molar refractivity (Wildman–Crippen MR) is 77.0 cm³/mol. The molecule has 19 heavy (non-hydrogen) atoms. The molecule has 0 atom stereocenters. The van der Waals surface area contributed by atoms with Crippen LogP contribution in [0.15, 0.2) is 46.2 Å². The van der Waals surface area contributed by atoms with Crippen LogP contribution in [0.25, 0.3) is 32.8 Å². The number of nitrogens with zero attached hydrogens (tertiary/aromatic N) is 2. The summed E-state index contributed by atoms with van der Waals surface area (Å²) in [6, 6.07) is 11.7. The molecular weight excluding hydrogens is 258 g/mol. The molecule has 5 heteroatoms. The first-order valence-corrected chi connectivity index (χ1v) is 6.69. The maximum Gasteiger partial charge on any atom is 0.199 e. The lowest BCUT2D eigenvalue weighted by Gasteiger charge is -1.98. The molecule has 0 aliphatic rings. The number of anilines is 1. The van der Waals surface area contributed by atoms with Gasteiger partial charge in [0.2, 0.25) is 0 Å². The summed E-state index contributed by atoms with van der Waals surface area (Å²) >= 11 is 1.54. The van der Waals surface area contributed by atoms with Crippen molar-refractivity contribution in [3.8, 4) is 11.6 Å². The zero-order chi connectivity index (χ0) is 12.8. The minimum absolute atomic E-state index is 0.488. The molecule has 0 unspecified atom stereocenters. The summed E-state index contributed by atoms with van der Waals surface area (Å²) in [5, 5.41) is 3.88. The Morgan fingerprint density at radius 3 is 2.89 bits per heavy atom. The summed E-state index contributed by atoms with van der Waals surface area (Å²) in [6.45, 7) is 0. The summed E-state index contributed by atoms with van der Waals surface area (Å²) < 4.78 is 5.76. The average Bonchev–Trinajstić information content (AvgIpc) is 3.04. The van der Waals surface area contributed by atoms with Crippen molar-refractivity contribution in [2.45, 2.75) is 0 Å². The number of nitrogen functional groups attached to an aromatic ring is 1. The Bertz CT molecular complexity index is 861. The van der Waals surface area contributed by atoms with E-state index in [1.54, 1.807) is 11.3 Å². The van der Waals surface area contributed by atoms with Crippen molar-refractivity contribution in [1.82, 2.24) is 9.97 Å². The quantitative estimate of drug-likeness (QED) is 0.571. The van der Waals surface area contributed by atoms with Crippen LogP contribution in [0, 0.1) is 0 Å². The number of hydrogen-bond donors (Lipinski definition) is 1. The summed E-state index contributed by atoms with van der Waals surface area (Å²) in [5.41, 5.74) is 6.77. The largest absolute Gasteiger partial charge is 0.453 e. The van der Waals surface area contributed by atoms with Crippen molar-refractivity contribution in [3.63, 3.8) is 0 Å².